The van der Waals surface area contributed by atoms with Crippen molar-refractivity contribution in [3.63, 3.8) is 0 Å². The van der Waals surface area contributed by atoms with Crippen LogP contribution in [0.2, 0.25) is 5.02 Å². The van der Waals surface area contributed by atoms with Gasteiger partial charge in [-0.3, -0.25) is 9.59 Å². The molecule has 0 atom stereocenters. The number of amides is 1. The van der Waals surface area contributed by atoms with Crippen molar-refractivity contribution < 1.29 is 24.2 Å². The van der Waals surface area contributed by atoms with E-state index in [4.69, 9.17) is 16.3 Å². The Kier molecular flexibility index (Phi) is 5.55. The Morgan fingerprint density at radius 1 is 1.12 bits per heavy atom. The zero-order valence-corrected chi connectivity index (χ0v) is 13.4. The highest BCUT2D eigenvalue weighted by atomic mass is 35.5. The van der Waals surface area contributed by atoms with Crippen LogP contribution in [-0.2, 0) is 4.79 Å². The molecule has 0 aromatic heterocycles. The smallest absolute Gasteiger partial charge is 0.310 e. The third-order valence-electron chi connectivity index (χ3n) is 3.09. The van der Waals surface area contributed by atoms with Crippen molar-refractivity contribution in [2.45, 2.75) is 13.3 Å². The number of benzene rings is 2. The first-order chi connectivity index (χ1) is 11.4. The average Bonchev–Trinajstić information content (AvgIpc) is 2.55. The summed E-state index contributed by atoms with van der Waals surface area (Å²) in [6.07, 6.45) is 0.239. The Bertz CT molecular complexity index is 786. The van der Waals surface area contributed by atoms with Gasteiger partial charge < -0.3 is 20.0 Å². The average molecular weight is 347 g/mol. The zero-order valence-electron chi connectivity index (χ0n) is 12.7. The van der Waals surface area contributed by atoms with E-state index < -0.39 is 11.9 Å². The molecule has 7 heteroatoms. The maximum Gasteiger partial charge on any atom is 0.310 e. The molecule has 0 fully saturated rings. The summed E-state index contributed by atoms with van der Waals surface area (Å²) in [5.74, 6) is -2.03. The summed E-state index contributed by atoms with van der Waals surface area (Å²) >= 11 is 5.82. The maximum absolute atomic E-state index is 12.2. The predicted molar refractivity (Wildman–Crippen MR) is 86.1 cm³/mol. The number of anilines is 1. The van der Waals surface area contributed by atoms with E-state index in [1.165, 1.54) is 42.5 Å². The fourth-order valence-electron chi connectivity index (χ4n) is 1.87. The topological polar surface area (TPSA) is 95.5 Å². The van der Waals surface area contributed by atoms with Gasteiger partial charge in [-0.1, -0.05) is 18.5 Å². The van der Waals surface area contributed by atoms with Gasteiger partial charge in [0.15, 0.2) is 0 Å². The molecule has 0 aliphatic carbocycles. The maximum atomic E-state index is 12.2. The number of carboxylic acid groups (broad SMARTS) is 1. The third-order valence-corrected chi connectivity index (χ3v) is 3.32. The van der Waals surface area contributed by atoms with Crippen LogP contribution in [0.3, 0.4) is 0 Å². The van der Waals surface area contributed by atoms with E-state index in [1.54, 1.807) is 6.92 Å². The number of aromatic carboxylic acids is 1. The second kappa shape index (κ2) is 7.61. The molecule has 0 radical (unpaired) electrons. The third kappa shape index (κ3) is 4.33. The number of hydrogen-bond donors (Lipinski definition) is 1. The molecule has 6 nitrogen and oxygen atoms in total. The van der Waals surface area contributed by atoms with Crippen molar-refractivity contribution in [2.75, 3.05) is 5.32 Å². The second-order valence-corrected chi connectivity index (χ2v) is 5.22. The van der Waals surface area contributed by atoms with Crippen LogP contribution >= 0.6 is 11.6 Å². The van der Waals surface area contributed by atoms with Crippen LogP contribution in [0.4, 0.5) is 5.69 Å². The molecule has 0 heterocycles. The first-order valence-electron chi connectivity index (χ1n) is 7.03. The first-order valence-corrected chi connectivity index (χ1v) is 7.41. The summed E-state index contributed by atoms with van der Waals surface area (Å²) in [5.41, 5.74) is 0.116. The number of nitrogens with one attached hydrogen (secondary N) is 1. The van der Waals surface area contributed by atoms with E-state index in [9.17, 15) is 19.5 Å². The van der Waals surface area contributed by atoms with Gasteiger partial charge in [0.1, 0.15) is 5.75 Å². The quantitative estimate of drug-likeness (QED) is 0.662. The highest BCUT2D eigenvalue weighted by Crippen LogP contribution is 2.22. The highest BCUT2D eigenvalue weighted by molar-refractivity contribution is 6.31. The molecule has 2 rings (SSSR count). The van der Waals surface area contributed by atoms with Gasteiger partial charge >= 0.3 is 5.97 Å². The minimum atomic E-state index is -1.43. The molecule has 2 aromatic rings. The van der Waals surface area contributed by atoms with Gasteiger partial charge in [-0.05, 0) is 42.5 Å². The molecule has 24 heavy (non-hydrogen) atoms. The first kappa shape index (κ1) is 17.5. The minimum absolute atomic E-state index is 0.0361. The molecular weight excluding hydrogens is 334 g/mol. The van der Waals surface area contributed by atoms with Crippen molar-refractivity contribution in [3.8, 4) is 5.75 Å². The number of carbonyl (C=O) groups excluding carboxylic acids is 3. The van der Waals surface area contributed by atoms with Crippen LogP contribution in [0.5, 0.6) is 5.75 Å². The van der Waals surface area contributed by atoms with Crippen LogP contribution in [0, 0.1) is 0 Å². The second-order valence-electron chi connectivity index (χ2n) is 4.78. The number of hydrogen-bond acceptors (Lipinski definition) is 5. The molecular formula is C17H13ClNO5-. The molecule has 0 unspecified atom stereocenters. The lowest BCUT2D eigenvalue weighted by Gasteiger charge is -2.12. The lowest BCUT2D eigenvalue weighted by molar-refractivity contribution is -0.254. The van der Waals surface area contributed by atoms with Gasteiger partial charge in [-0.15, -0.1) is 0 Å². The van der Waals surface area contributed by atoms with Gasteiger partial charge in [0.05, 0.1) is 11.7 Å². The zero-order chi connectivity index (χ0) is 17.7. The standard InChI is InChI=1S/C17H14ClNO5/c1-2-15(20)24-12-6-3-10(4-7-12)16(21)19-14-9-11(18)5-8-13(14)17(22)23/h3-9H,2H2,1H3,(H,19,21)(H,22,23)/p-1. The van der Waals surface area contributed by atoms with Crippen LogP contribution in [-0.4, -0.2) is 17.8 Å². The summed E-state index contributed by atoms with van der Waals surface area (Å²) in [5, 5.41) is 13.8. The van der Waals surface area contributed by atoms with E-state index in [0.29, 0.717) is 5.75 Å². The molecule has 0 aliphatic heterocycles. The van der Waals surface area contributed by atoms with Gasteiger partial charge in [0.25, 0.3) is 5.91 Å². The lowest BCUT2D eigenvalue weighted by atomic mass is 10.1. The minimum Gasteiger partial charge on any atom is -0.545 e. The van der Waals surface area contributed by atoms with E-state index in [-0.39, 0.29) is 34.2 Å². The number of esters is 1. The van der Waals surface area contributed by atoms with Crippen LogP contribution in [0.25, 0.3) is 0 Å². The van der Waals surface area contributed by atoms with E-state index in [2.05, 4.69) is 5.32 Å². The Labute approximate surface area is 143 Å². The Morgan fingerprint density at radius 2 is 1.79 bits per heavy atom. The van der Waals surface area contributed by atoms with Crippen molar-refractivity contribution in [1.29, 1.82) is 0 Å². The van der Waals surface area contributed by atoms with E-state index in [0.717, 1.165) is 0 Å². The molecule has 0 spiro atoms. The van der Waals surface area contributed by atoms with E-state index >= 15 is 0 Å². The van der Waals surface area contributed by atoms with Gasteiger partial charge in [0.2, 0.25) is 0 Å². The normalized spacial score (nSPS) is 10.1. The summed E-state index contributed by atoms with van der Waals surface area (Å²) in [6.45, 7) is 1.67. The molecule has 2 aromatic carbocycles. The SMILES string of the molecule is CCC(=O)Oc1ccc(C(=O)Nc2cc(Cl)ccc2C(=O)[O-])cc1. The molecule has 0 saturated carbocycles. The van der Waals surface area contributed by atoms with Crippen LogP contribution < -0.4 is 15.2 Å². The number of halogens is 1. The molecule has 0 bridgehead atoms. The van der Waals surface area contributed by atoms with Crippen molar-refractivity contribution in [1.82, 2.24) is 0 Å². The Hall–Kier alpha value is -2.86. The fourth-order valence-corrected chi connectivity index (χ4v) is 2.04. The monoisotopic (exact) mass is 346 g/mol. The van der Waals surface area contributed by atoms with Gasteiger partial charge in [-0.2, -0.15) is 0 Å². The number of ether oxygens (including phenoxy) is 1. The summed E-state index contributed by atoms with van der Waals surface area (Å²) in [7, 11) is 0. The van der Waals surface area contributed by atoms with Gasteiger partial charge in [-0.25, -0.2) is 0 Å². The molecule has 1 N–H and O–H groups in total. The molecule has 0 aliphatic rings. The number of rotatable bonds is 5. The van der Waals surface area contributed by atoms with Crippen LogP contribution in [0.15, 0.2) is 42.5 Å². The largest absolute Gasteiger partial charge is 0.545 e. The molecule has 1 amide bonds. The predicted octanol–water partition coefficient (Wildman–Crippen LogP) is 2.27. The summed E-state index contributed by atoms with van der Waals surface area (Å²) < 4.78 is 5.01. The highest BCUT2D eigenvalue weighted by Gasteiger charge is 2.11. The number of carbonyl (C=O) groups is 3. The fraction of sp³-hybridized carbons (Fsp3) is 0.118. The van der Waals surface area contributed by atoms with Crippen molar-refractivity contribution in [2.24, 2.45) is 0 Å². The van der Waals surface area contributed by atoms with Gasteiger partial charge in [0, 0.05) is 22.6 Å². The summed E-state index contributed by atoms with van der Waals surface area (Å²) in [6, 6.07) is 9.82. The lowest BCUT2D eigenvalue weighted by Crippen LogP contribution is -2.24. The molecule has 0 saturated heterocycles. The number of carboxylic acids is 1. The van der Waals surface area contributed by atoms with Crippen molar-refractivity contribution in [3.05, 3.63) is 58.6 Å². The summed E-state index contributed by atoms with van der Waals surface area (Å²) in [4.78, 5) is 34.5. The van der Waals surface area contributed by atoms with Crippen molar-refractivity contribution >= 4 is 35.1 Å². The Balaban J connectivity index is 2.17. The molecule has 124 valence electrons. The Morgan fingerprint density at radius 3 is 2.38 bits per heavy atom. The van der Waals surface area contributed by atoms with Crippen LogP contribution in [0.1, 0.15) is 34.1 Å². The van der Waals surface area contributed by atoms with E-state index in [1.807, 2.05) is 0 Å².